The largest absolute Gasteiger partial charge is 0.451 e. The predicted octanol–water partition coefficient (Wildman–Crippen LogP) is 18.7. The van der Waals surface area contributed by atoms with Gasteiger partial charge in [-0.3, -0.25) is 0 Å². The summed E-state index contributed by atoms with van der Waals surface area (Å²) in [5, 5.41) is 0. The van der Waals surface area contributed by atoms with Gasteiger partial charge in [0.1, 0.15) is 23.0 Å². The SMILES string of the molecule is C#Cc1cccc(Oc2c(F)c(F)c(Sc3c(F)c(F)c(Oc4cc(-c5ccccc5)c(Oc5c(F)c(F)c(Sc6c(F)c(F)c(Oc7cccc(C#C)c7)c(F)c6F)c(F)c5F)cc4-c4ccccc4)c(F)c3F)c(F)c2F)c1. The van der Waals surface area contributed by atoms with Gasteiger partial charge in [-0.25, -0.2) is 35.1 Å². The lowest BCUT2D eigenvalue weighted by Crippen LogP contribution is -2.07. The van der Waals surface area contributed by atoms with E-state index in [1.807, 2.05) is 0 Å². The minimum absolute atomic E-state index is 0.0295. The lowest BCUT2D eigenvalue weighted by Gasteiger charge is -2.20. The molecular weight excluding hydrogens is 1130 g/mol. The molecule has 9 rings (SSSR count). The maximum absolute atomic E-state index is 16.1. The van der Waals surface area contributed by atoms with Crippen LogP contribution in [0.2, 0.25) is 0 Å². The molecule has 80 heavy (non-hydrogen) atoms. The number of hydrogen-bond acceptors (Lipinski definition) is 6. The van der Waals surface area contributed by atoms with Crippen LogP contribution < -0.4 is 18.9 Å². The minimum Gasteiger partial charge on any atom is -0.451 e. The Balaban J connectivity index is 1.09. The molecule has 0 heterocycles. The lowest BCUT2D eigenvalue weighted by molar-refractivity contribution is 0.348. The van der Waals surface area contributed by atoms with Gasteiger partial charge in [-0.1, -0.05) is 108 Å². The molecule has 0 amide bonds. The molecule has 0 radical (unpaired) electrons. The summed E-state index contributed by atoms with van der Waals surface area (Å²) in [7, 11) is 0. The lowest BCUT2D eigenvalue weighted by atomic mass is 9.97. The van der Waals surface area contributed by atoms with E-state index in [1.165, 1.54) is 84.9 Å². The molecule has 0 aliphatic rings. The number of rotatable bonds is 14. The molecule has 0 aromatic heterocycles. The van der Waals surface area contributed by atoms with Crippen molar-refractivity contribution in [2.45, 2.75) is 19.6 Å². The summed E-state index contributed by atoms with van der Waals surface area (Å²) in [5.41, 5.74) is -0.644. The van der Waals surface area contributed by atoms with Crippen molar-refractivity contribution >= 4 is 23.5 Å². The smallest absolute Gasteiger partial charge is 0.205 e. The Morgan fingerprint density at radius 1 is 0.287 bits per heavy atom. The second-order valence-corrected chi connectivity index (χ2v) is 18.2. The number of benzene rings is 9. The van der Waals surface area contributed by atoms with Crippen molar-refractivity contribution in [3.8, 4) is 92.9 Å². The fourth-order valence-electron chi connectivity index (χ4n) is 7.46. The fourth-order valence-corrected chi connectivity index (χ4v) is 9.30. The molecule has 4 nitrogen and oxygen atoms in total. The van der Waals surface area contributed by atoms with E-state index in [1.54, 1.807) is 0 Å². The van der Waals surface area contributed by atoms with Crippen LogP contribution in [0.5, 0.6) is 46.0 Å². The molecule has 22 heteroatoms. The second-order valence-electron chi connectivity index (χ2n) is 16.2. The van der Waals surface area contributed by atoms with E-state index >= 15 is 70.2 Å². The van der Waals surface area contributed by atoms with E-state index < -0.39 is 193 Å². The fraction of sp³-hybridized carbons (Fsp3) is 0. The molecule has 0 aliphatic carbocycles. The Labute approximate surface area is 449 Å². The van der Waals surface area contributed by atoms with Crippen molar-refractivity contribution < 1.29 is 89.2 Å². The van der Waals surface area contributed by atoms with E-state index in [-0.39, 0.29) is 22.3 Å². The number of hydrogen-bond donors (Lipinski definition) is 0. The standard InChI is InChI=1S/C58H22F16O4S2/c1-3-25-13-11-19-29(21-25)75-51-35(59)43(67)55(44(68)36(51)60)79-57-47(71)39(63)53(40(64)48(57)72)77-33-23-32(28-17-9-6-10-18-28)34(24-31(33)27-15-7-5-8-16-27)78-54-41(65)49(73)58(50(74)42(54)66)80-56-45(69)37(61)52(38(62)46(56)70)76-30-20-12-14-26(4-2)22-30/h1-2,5-24H. The van der Waals surface area contributed by atoms with Gasteiger partial charge in [0.15, 0.2) is 46.5 Å². The van der Waals surface area contributed by atoms with Crippen molar-refractivity contribution in [3.05, 3.63) is 226 Å². The Hall–Kier alpha value is -9.12. The average Bonchev–Trinajstić information content (AvgIpc) is 3.51. The Bertz CT molecular complexity index is 3700. The highest BCUT2D eigenvalue weighted by Crippen LogP contribution is 2.50. The monoisotopic (exact) mass is 1150 g/mol. The summed E-state index contributed by atoms with van der Waals surface area (Å²) in [6.07, 6.45) is 10.6. The molecule has 0 bridgehead atoms. The zero-order valence-electron chi connectivity index (χ0n) is 39.2. The minimum atomic E-state index is -2.41. The maximum Gasteiger partial charge on any atom is 0.205 e. The first-order valence-corrected chi connectivity index (χ1v) is 23.8. The van der Waals surface area contributed by atoms with Gasteiger partial charge >= 0.3 is 0 Å². The van der Waals surface area contributed by atoms with Gasteiger partial charge in [0.05, 0.1) is 19.6 Å². The van der Waals surface area contributed by atoms with E-state index in [2.05, 4.69) is 11.8 Å². The van der Waals surface area contributed by atoms with Gasteiger partial charge < -0.3 is 18.9 Å². The average molecular weight is 1150 g/mol. The van der Waals surface area contributed by atoms with Crippen molar-refractivity contribution in [3.63, 3.8) is 0 Å². The van der Waals surface area contributed by atoms with Crippen LogP contribution in [0.1, 0.15) is 11.1 Å². The summed E-state index contributed by atoms with van der Waals surface area (Å²) in [6.45, 7) is 0. The van der Waals surface area contributed by atoms with Gasteiger partial charge in [0, 0.05) is 22.3 Å². The summed E-state index contributed by atoms with van der Waals surface area (Å²) in [4.78, 5) is -7.38. The molecule has 0 saturated heterocycles. The number of halogens is 16. The van der Waals surface area contributed by atoms with Crippen molar-refractivity contribution in [2.24, 2.45) is 0 Å². The first kappa shape index (κ1) is 55.6. The van der Waals surface area contributed by atoms with Crippen LogP contribution in [-0.2, 0) is 0 Å². The summed E-state index contributed by atoms with van der Waals surface area (Å²) in [5.74, 6) is -42.4. The normalized spacial score (nSPS) is 11.1. The van der Waals surface area contributed by atoms with Gasteiger partial charge in [0.25, 0.3) is 0 Å². The maximum atomic E-state index is 16.1. The number of terminal acetylenes is 2. The third-order valence-corrected chi connectivity index (χ3v) is 13.5. The van der Waals surface area contributed by atoms with E-state index in [0.29, 0.717) is 0 Å². The zero-order chi connectivity index (χ0) is 57.4. The van der Waals surface area contributed by atoms with Crippen molar-refractivity contribution in [1.82, 2.24) is 0 Å². The molecule has 9 aromatic carbocycles. The molecule has 0 atom stereocenters. The quantitative estimate of drug-likeness (QED) is 0.0614. The highest BCUT2D eigenvalue weighted by atomic mass is 32.2. The van der Waals surface area contributed by atoms with Crippen LogP contribution in [0.3, 0.4) is 0 Å². The molecule has 9 aromatic rings. The van der Waals surface area contributed by atoms with E-state index in [4.69, 9.17) is 31.8 Å². The molecular formula is C58H22F16O4S2. The first-order chi connectivity index (χ1) is 38.2. The predicted molar refractivity (Wildman–Crippen MR) is 260 cm³/mol. The van der Waals surface area contributed by atoms with Crippen molar-refractivity contribution in [2.75, 3.05) is 0 Å². The molecule has 0 spiro atoms. The highest BCUT2D eigenvalue weighted by molar-refractivity contribution is 7.99. The first-order valence-electron chi connectivity index (χ1n) is 22.2. The van der Waals surface area contributed by atoms with E-state index in [9.17, 15) is 0 Å². The van der Waals surface area contributed by atoms with Gasteiger partial charge in [-0.05, 0) is 59.7 Å². The Kier molecular flexibility index (Phi) is 15.8. The van der Waals surface area contributed by atoms with Gasteiger partial charge in [-0.2, -0.15) is 35.1 Å². The molecule has 0 N–H and O–H groups in total. The second kappa shape index (κ2) is 22.7. The molecule has 402 valence electrons. The Morgan fingerprint density at radius 3 is 0.812 bits per heavy atom. The topological polar surface area (TPSA) is 36.9 Å². The van der Waals surface area contributed by atoms with Crippen LogP contribution in [0.15, 0.2) is 141 Å². The van der Waals surface area contributed by atoms with Crippen LogP contribution in [0.4, 0.5) is 70.2 Å². The molecule has 0 saturated carbocycles. The van der Waals surface area contributed by atoms with Gasteiger partial charge in [0.2, 0.25) is 69.5 Å². The zero-order valence-corrected chi connectivity index (χ0v) is 40.8. The summed E-state index contributed by atoms with van der Waals surface area (Å²) >= 11 is -1.61. The van der Waals surface area contributed by atoms with E-state index in [0.717, 1.165) is 36.4 Å². The summed E-state index contributed by atoms with van der Waals surface area (Å²) in [6, 6.07) is 24.9. The number of ether oxygens (including phenoxy) is 4. The van der Waals surface area contributed by atoms with Gasteiger partial charge in [-0.15, -0.1) is 12.8 Å². The Morgan fingerprint density at radius 2 is 0.550 bits per heavy atom. The van der Waals surface area contributed by atoms with Crippen molar-refractivity contribution in [1.29, 1.82) is 0 Å². The molecule has 0 unspecified atom stereocenters. The van der Waals surface area contributed by atoms with Crippen LogP contribution in [0, 0.1) is 118 Å². The van der Waals surface area contributed by atoms with Crippen LogP contribution in [0.25, 0.3) is 22.3 Å². The summed E-state index contributed by atoms with van der Waals surface area (Å²) < 4.78 is 272. The molecule has 0 aliphatic heterocycles. The van der Waals surface area contributed by atoms with Crippen LogP contribution >= 0.6 is 23.5 Å². The third kappa shape index (κ3) is 10.4. The van der Waals surface area contributed by atoms with Crippen LogP contribution in [-0.4, -0.2) is 0 Å². The highest BCUT2D eigenvalue weighted by Gasteiger charge is 2.36. The third-order valence-electron chi connectivity index (χ3n) is 11.3. The molecule has 0 fully saturated rings.